The van der Waals surface area contributed by atoms with Crippen molar-refractivity contribution in [3.63, 3.8) is 0 Å². The smallest absolute Gasteiger partial charge is 0.0294 e. The van der Waals surface area contributed by atoms with Crippen molar-refractivity contribution in [1.29, 1.82) is 0 Å². The van der Waals surface area contributed by atoms with Gasteiger partial charge in [-0.3, -0.25) is 0 Å². The lowest BCUT2D eigenvalue weighted by Gasteiger charge is -2.21. The van der Waals surface area contributed by atoms with E-state index in [9.17, 15) is 0 Å². The van der Waals surface area contributed by atoms with Crippen LogP contribution in [-0.4, -0.2) is 6.54 Å². The highest BCUT2D eigenvalue weighted by molar-refractivity contribution is 5.38. The number of hydrogen-bond donors (Lipinski definition) is 1. The number of hydrogen-bond acceptors (Lipinski definition) is 1. The molecule has 1 aromatic carbocycles. The van der Waals surface area contributed by atoms with E-state index in [0.717, 1.165) is 0 Å². The monoisotopic (exact) mass is 245 g/mol. The van der Waals surface area contributed by atoms with Crippen molar-refractivity contribution in [3.8, 4) is 0 Å². The molecule has 0 aromatic heterocycles. The van der Waals surface area contributed by atoms with E-state index in [1.807, 2.05) is 0 Å². The Morgan fingerprint density at radius 3 is 2.28 bits per heavy atom. The molecular formula is C17H27N. The summed E-state index contributed by atoms with van der Waals surface area (Å²) < 4.78 is 0. The van der Waals surface area contributed by atoms with Gasteiger partial charge < -0.3 is 5.32 Å². The molecular weight excluding hydrogens is 218 g/mol. The molecule has 0 spiro atoms. The number of benzene rings is 1. The van der Waals surface area contributed by atoms with Crippen molar-refractivity contribution in [1.82, 2.24) is 5.32 Å². The zero-order valence-corrected chi connectivity index (χ0v) is 12.6. The third kappa shape index (κ3) is 2.77. The molecule has 2 rings (SSSR count). The first kappa shape index (κ1) is 13.6. The van der Waals surface area contributed by atoms with Crippen molar-refractivity contribution in [2.45, 2.75) is 59.9 Å². The molecule has 1 N–H and O–H groups in total. The van der Waals surface area contributed by atoms with E-state index in [1.165, 1.54) is 48.1 Å². The minimum Gasteiger partial charge on any atom is -0.310 e. The topological polar surface area (TPSA) is 12.0 Å². The van der Waals surface area contributed by atoms with Crippen LogP contribution in [0.5, 0.6) is 0 Å². The molecule has 0 heterocycles. The highest BCUT2D eigenvalue weighted by Crippen LogP contribution is 2.48. The Bertz CT molecular complexity index is 429. The van der Waals surface area contributed by atoms with E-state index in [-0.39, 0.29) is 0 Å². The summed E-state index contributed by atoms with van der Waals surface area (Å²) in [5.41, 5.74) is 6.31. The van der Waals surface area contributed by atoms with Crippen LogP contribution in [0.15, 0.2) is 12.1 Å². The molecule has 1 atom stereocenters. The second-order valence-corrected chi connectivity index (χ2v) is 6.25. The third-order valence-corrected chi connectivity index (χ3v) is 4.84. The Morgan fingerprint density at radius 2 is 1.72 bits per heavy atom. The Labute approximate surface area is 112 Å². The summed E-state index contributed by atoms with van der Waals surface area (Å²) in [6.07, 6.45) is 4.14. The van der Waals surface area contributed by atoms with E-state index in [0.29, 0.717) is 11.5 Å². The maximum Gasteiger partial charge on any atom is 0.0294 e. The highest BCUT2D eigenvalue weighted by atomic mass is 14.9. The maximum absolute atomic E-state index is 3.74. The van der Waals surface area contributed by atoms with Crippen LogP contribution in [0.1, 0.15) is 61.4 Å². The quantitative estimate of drug-likeness (QED) is 0.808. The van der Waals surface area contributed by atoms with E-state index < -0.39 is 0 Å². The molecule has 1 aliphatic carbocycles. The van der Waals surface area contributed by atoms with Crippen LogP contribution in [0.25, 0.3) is 0 Å². The zero-order chi connectivity index (χ0) is 13.3. The fourth-order valence-corrected chi connectivity index (χ4v) is 2.76. The molecule has 1 nitrogen and oxygen atoms in total. The van der Waals surface area contributed by atoms with Gasteiger partial charge in [-0.1, -0.05) is 19.1 Å². The average Bonchev–Trinajstić information content (AvgIpc) is 3.11. The maximum atomic E-state index is 3.74. The fraction of sp³-hybridized carbons (Fsp3) is 0.647. The summed E-state index contributed by atoms with van der Waals surface area (Å²) in [6, 6.07) is 5.14. The molecule has 18 heavy (non-hydrogen) atoms. The number of aryl methyl sites for hydroxylation is 3. The van der Waals surface area contributed by atoms with Gasteiger partial charge in [-0.05, 0) is 74.6 Å². The third-order valence-electron chi connectivity index (χ3n) is 4.84. The van der Waals surface area contributed by atoms with Crippen LogP contribution in [0.3, 0.4) is 0 Å². The zero-order valence-electron chi connectivity index (χ0n) is 12.6. The number of rotatable bonds is 5. The molecule has 0 amide bonds. The first-order valence-corrected chi connectivity index (χ1v) is 7.28. The first-order valence-electron chi connectivity index (χ1n) is 7.28. The average molecular weight is 245 g/mol. The summed E-state index contributed by atoms with van der Waals surface area (Å²) in [7, 11) is 0. The molecule has 1 unspecified atom stereocenters. The van der Waals surface area contributed by atoms with Crippen molar-refractivity contribution in [2.75, 3.05) is 6.54 Å². The van der Waals surface area contributed by atoms with E-state index in [1.54, 1.807) is 0 Å². The second kappa shape index (κ2) is 5.05. The molecule has 100 valence electrons. The van der Waals surface area contributed by atoms with Gasteiger partial charge in [-0.25, -0.2) is 0 Å². The van der Waals surface area contributed by atoms with Gasteiger partial charge in [0.05, 0.1) is 0 Å². The molecule has 1 aliphatic rings. The summed E-state index contributed by atoms with van der Waals surface area (Å²) in [5, 5.41) is 3.74. The largest absolute Gasteiger partial charge is 0.310 e. The second-order valence-electron chi connectivity index (χ2n) is 6.25. The van der Waals surface area contributed by atoms with Gasteiger partial charge in [-0.2, -0.15) is 0 Å². The normalized spacial score (nSPS) is 18.7. The summed E-state index contributed by atoms with van der Waals surface area (Å²) in [5.74, 6) is 0. The van der Waals surface area contributed by atoms with Gasteiger partial charge in [0.2, 0.25) is 0 Å². The molecule has 0 aliphatic heterocycles. The molecule has 1 heteroatoms. The van der Waals surface area contributed by atoms with Gasteiger partial charge in [0.15, 0.2) is 0 Å². The molecule has 0 radical (unpaired) electrons. The van der Waals surface area contributed by atoms with Crippen LogP contribution in [0.4, 0.5) is 0 Å². The molecule has 0 bridgehead atoms. The molecule has 1 aromatic rings. The fourth-order valence-electron chi connectivity index (χ4n) is 2.76. The Morgan fingerprint density at radius 1 is 1.11 bits per heavy atom. The minimum absolute atomic E-state index is 0.466. The lowest BCUT2D eigenvalue weighted by Crippen LogP contribution is -2.27. The van der Waals surface area contributed by atoms with E-state index in [4.69, 9.17) is 0 Å². The molecule has 1 fully saturated rings. The van der Waals surface area contributed by atoms with E-state index >= 15 is 0 Å². The molecule has 0 saturated heterocycles. The van der Waals surface area contributed by atoms with Crippen LogP contribution < -0.4 is 5.32 Å². The highest BCUT2D eigenvalue weighted by Gasteiger charge is 2.40. The minimum atomic E-state index is 0.466. The van der Waals surface area contributed by atoms with Crippen LogP contribution >= 0.6 is 0 Å². The van der Waals surface area contributed by atoms with Crippen molar-refractivity contribution in [3.05, 3.63) is 34.4 Å². The Kier molecular flexibility index (Phi) is 3.82. The van der Waals surface area contributed by atoms with Crippen molar-refractivity contribution in [2.24, 2.45) is 5.41 Å². The van der Waals surface area contributed by atoms with Gasteiger partial charge in [-0.15, -0.1) is 0 Å². The van der Waals surface area contributed by atoms with Gasteiger partial charge in [0, 0.05) is 12.6 Å². The van der Waals surface area contributed by atoms with Crippen molar-refractivity contribution >= 4 is 0 Å². The van der Waals surface area contributed by atoms with Gasteiger partial charge in [0.1, 0.15) is 0 Å². The van der Waals surface area contributed by atoms with Gasteiger partial charge >= 0.3 is 0 Å². The predicted molar refractivity (Wildman–Crippen MR) is 79.0 cm³/mol. The SMILES string of the molecule is CCC1(CNC(C)c2cc(C)c(C)cc2C)CC1. The van der Waals surface area contributed by atoms with E-state index in [2.05, 4.69) is 52.1 Å². The van der Waals surface area contributed by atoms with Crippen molar-refractivity contribution < 1.29 is 0 Å². The lowest BCUT2D eigenvalue weighted by molar-refractivity contribution is 0.414. The van der Waals surface area contributed by atoms with Crippen LogP contribution in [-0.2, 0) is 0 Å². The first-order chi connectivity index (χ1) is 8.47. The lowest BCUT2D eigenvalue weighted by atomic mass is 9.95. The standard InChI is InChI=1S/C17H27N/c1-6-17(7-8-17)11-18-15(5)16-10-13(3)12(2)9-14(16)4/h9-10,15,18H,6-8,11H2,1-5H3. The number of nitrogens with one attached hydrogen (secondary N) is 1. The van der Waals surface area contributed by atoms with Crippen LogP contribution in [0, 0.1) is 26.2 Å². The van der Waals surface area contributed by atoms with Crippen LogP contribution in [0.2, 0.25) is 0 Å². The Hall–Kier alpha value is -0.820. The molecule has 1 saturated carbocycles. The summed E-state index contributed by atoms with van der Waals surface area (Å²) >= 11 is 0. The summed E-state index contributed by atoms with van der Waals surface area (Å²) in [6.45, 7) is 12.4. The Balaban J connectivity index is 2.04. The summed E-state index contributed by atoms with van der Waals surface area (Å²) in [4.78, 5) is 0. The van der Waals surface area contributed by atoms with Gasteiger partial charge in [0.25, 0.3) is 0 Å². The predicted octanol–water partition coefficient (Wildman–Crippen LogP) is 4.45.